The molecule has 8 nitrogen and oxygen atoms in total. The van der Waals surface area contributed by atoms with E-state index < -0.39 is 0 Å². The van der Waals surface area contributed by atoms with Gasteiger partial charge in [-0.05, 0) is 94.8 Å². The lowest BCUT2D eigenvalue weighted by atomic mass is 9.75. The van der Waals surface area contributed by atoms with Gasteiger partial charge in [0.2, 0.25) is 11.8 Å². The predicted octanol–water partition coefficient (Wildman–Crippen LogP) is 1.71. The van der Waals surface area contributed by atoms with Crippen molar-refractivity contribution in [1.82, 2.24) is 30.2 Å². The number of nitrogens with zero attached hydrogens (tertiary/aromatic N) is 4. The molecule has 2 unspecified atom stereocenters. The first kappa shape index (κ1) is 28.8. The van der Waals surface area contributed by atoms with Crippen LogP contribution in [0.3, 0.4) is 0 Å². The molecule has 4 rings (SSSR count). The summed E-state index contributed by atoms with van der Waals surface area (Å²) in [6, 6.07) is 1.38. The minimum absolute atomic E-state index is 0.133. The van der Waals surface area contributed by atoms with Crippen molar-refractivity contribution < 1.29 is 9.59 Å². The van der Waals surface area contributed by atoms with Crippen LogP contribution in [0, 0.1) is 23.7 Å². The van der Waals surface area contributed by atoms with Crippen molar-refractivity contribution in [2.24, 2.45) is 23.7 Å². The highest BCUT2D eigenvalue weighted by Gasteiger charge is 2.40. The molecule has 4 fully saturated rings. The monoisotopic (exact) mass is 518 g/mol. The molecule has 4 aliphatic rings. The molecule has 4 atom stereocenters. The average Bonchev–Trinajstić information content (AvgIpc) is 2.91. The zero-order valence-electron chi connectivity index (χ0n) is 24.1. The van der Waals surface area contributed by atoms with Crippen molar-refractivity contribution in [2.75, 3.05) is 79.5 Å². The van der Waals surface area contributed by atoms with Crippen LogP contribution >= 0.6 is 0 Å². The second kappa shape index (κ2) is 13.7. The fourth-order valence-electron chi connectivity index (χ4n) is 7.53. The van der Waals surface area contributed by atoms with E-state index in [4.69, 9.17) is 0 Å². The molecular formula is C29H54N6O2. The van der Waals surface area contributed by atoms with Gasteiger partial charge in [-0.3, -0.25) is 29.2 Å². The minimum atomic E-state index is 0.133. The number of amides is 2. The van der Waals surface area contributed by atoms with Crippen molar-refractivity contribution in [3.63, 3.8) is 0 Å². The summed E-state index contributed by atoms with van der Waals surface area (Å²) < 4.78 is 0. The number of hydrogen-bond acceptors (Lipinski definition) is 6. The fourth-order valence-corrected chi connectivity index (χ4v) is 7.53. The molecule has 0 radical (unpaired) electrons. The third-order valence-electron chi connectivity index (χ3n) is 10.1. The molecule has 2 N–H and O–H groups in total. The lowest BCUT2D eigenvalue weighted by molar-refractivity contribution is -0.123. The van der Waals surface area contributed by atoms with E-state index in [1.807, 2.05) is 0 Å². The molecule has 212 valence electrons. The first-order valence-corrected chi connectivity index (χ1v) is 15.2. The molecule has 4 heterocycles. The highest BCUT2D eigenvalue weighted by Crippen LogP contribution is 2.37. The summed E-state index contributed by atoms with van der Waals surface area (Å²) in [5.74, 6) is 3.40. The summed E-state index contributed by atoms with van der Waals surface area (Å²) in [4.78, 5) is 34.0. The van der Waals surface area contributed by atoms with E-state index in [1.165, 1.54) is 71.1 Å². The summed E-state index contributed by atoms with van der Waals surface area (Å²) in [6.45, 7) is 15.3. The van der Waals surface area contributed by atoms with Gasteiger partial charge in [0.1, 0.15) is 0 Å². The number of rotatable bonds is 8. The molecule has 0 saturated carbocycles. The van der Waals surface area contributed by atoms with E-state index in [-0.39, 0.29) is 11.8 Å². The van der Waals surface area contributed by atoms with Crippen molar-refractivity contribution in [3.8, 4) is 0 Å². The number of likely N-dealkylation sites (N-methyl/N-ethyl adjacent to an activating group) is 2. The predicted molar refractivity (Wildman–Crippen MR) is 149 cm³/mol. The Hall–Kier alpha value is -1.22. The molecule has 0 spiro atoms. The van der Waals surface area contributed by atoms with Gasteiger partial charge in [-0.1, -0.05) is 13.8 Å². The van der Waals surface area contributed by atoms with Gasteiger partial charge in [-0.15, -0.1) is 0 Å². The normalized spacial score (nSPS) is 32.3. The SMILES string of the molecule is CNC(=O)CN1CCC(CN2CC[C@@H](C)CC2C2CN(C3CCN(CC(=O)NC)CC3)CC[C@@H]2C)CC1. The first-order valence-electron chi connectivity index (χ1n) is 15.2. The largest absolute Gasteiger partial charge is 0.358 e. The van der Waals surface area contributed by atoms with Gasteiger partial charge in [-0.2, -0.15) is 0 Å². The highest BCUT2D eigenvalue weighted by atomic mass is 16.2. The smallest absolute Gasteiger partial charge is 0.233 e. The number of piperidine rings is 4. The van der Waals surface area contributed by atoms with Gasteiger partial charge in [0.15, 0.2) is 0 Å². The number of carbonyl (C=O) groups excluding carboxylic acids is 2. The molecule has 0 aromatic rings. The molecule has 0 aliphatic carbocycles. The zero-order valence-corrected chi connectivity index (χ0v) is 24.1. The Labute approximate surface area is 225 Å². The summed E-state index contributed by atoms with van der Waals surface area (Å²) >= 11 is 0. The van der Waals surface area contributed by atoms with E-state index in [0.29, 0.717) is 25.2 Å². The maximum Gasteiger partial charge on any atom is 0.233 e. The van der Waals surface area contributed by atoms with Crippen LogP contribution in [0.5, 0.6) is 0 Å². The highest BCUT2D eigenvalue weighted by molar-refractivity contribution is 5.78. The number of carbonyl (C=O) groups is 2. The topological polar surface area (TPSA) is 71.2 Å². The van der Waals surface area contributed by atoms with E-state index >= 15 is 0 Å². The Kier molecular flexibility index (Phi) is 10.7. The van der Waals surface area contributed by atoms with Gasteiger partial charge in [0.05, 0.1) is 13.1 Å². The van der Waals surface area contributed by atoms with E-state index in [2.05, 4.69) is 44.1 Å². The fraction of sp³-hybridized carbons (Fsp3) is 0.931. The maximum atomic E-state index is 11.8. The third-order valence-corrected chi connectivity index (χ3v) is 10.1. The molecule has 0 aromatic heterocycles. The average molecular weight is 519 g/mol. The molecule has 4 saturated heterocycles. The Morgan fingerprint density at radius 1 is 0.757 bits per heavy atom. The third kappa shape index (κ3) is 7.90. The van der Waals surface area contributed by atoms with Crippen LogP contribution < -0.4 is 10.6 Å². The van der Waals surface area contributed by atoms with Gasteiger partial charge in [-0.25, -0.2) is 0 Å². The maximum absolute atomic E-state index is 11.8. The van der Waals surface area contributed by atoms with Crippen LogP contribution in [0.2, 0.25) is 0 Å². The molecule has 0 aromatic carbocycles. The second-order valence-corrected chi connectivity index (χ2v) is 12.7. The molecule has 4 aliphatic heterocycles. The Bertz CT molecular complexity index is 734. The molecule has 0 bridgehead atoms. The molecule has 8 heteroatoms. The molecule has 2 amide bonds. The molecule has 37 heavy (non-hydrogen) atoms. The van der Waals surface area contributed by atoms with Crippen molar-refractivity contribution in [3.05, 3.63) is 0 Å². The lowest BCUT2D eigenvalue weighted by Crippen LogP contribution is -2.57. The van der Waals surface area contributed by atoms with Crippen molar-refractivity contribution >= 4 is 11.8 Å². The summed E-state index contributed by atoms with van der Waals surface area (Å²) in [7, 11) is 3.46. The number of likely N-dealkylation sites (tertiary alicyclic amines) is 4. The van der Waals surface area contributed by atoms with Crippen LogP contribution in [0.1, 0.15) is 58.8 Å². The van der Waals surface area contributed by atoms with Gasteiger partial charge in [0.25, 0.3) is 0 Å². The zero-order chi connectivity index (χ0) is 26.4. The Morgan fingerprint density at radius 3 is 1.95 bits per heavy atom. The number of nitrogens with one attached hydrogen (secondary N) is 2. The van der Waals surface area contributed by atoms with Crippen molar-refractivity contribution in [2.45, 2.75) is 70.9 Å². The van der Waals surface area contributed by atoms with Crippen molar-refractivity contribution in [1.29, 1.82) is 0 Å². The van der Waals surface area contributed by atoms with E-state index in [9.17, 15) is 9.59 Å². The van der Waals surface area contributed by atoms with Crippen LogP contribution in [-0.4, -0.2) is 123 Å². The lowest BCUT2D eigenvalue weighted by Gasteiger charge is -2.51. The summed E-state index contributed by atoms with van der Waals surface area (Å²) in [5, 5.41) is 5.54. The Morgan fingerprint density at radius 2 is 1.35 bits per heavy atom. The number of hydrogen-bond donors (Lipinski definition) is 2. The van der Waals surface area contributed by atoms with E-state index in [0.717, 1.165) is 49.9 Å². The standard InChI is InChI=1S/C29H54N6O2/c1-22-5-15-35(18-24-7-11-32(12-8-24)20-28(36)30-3)27(17-22)26-19-34(16-6-23(26)2)25-9-13-33(14-10-25)21-29(37)31-4/h22-27H,5-21H2,1-4H3,(H,30,36)(H,31,37)/t22-,23+,26?,27?/m1/s1. The van der Waals surface area contributed by atoms with E-state index in [1.54, 1.807) is 14.1 Å². The summed E-state index contributed by atoms with van der Waals surface area (Å²) in [5.41, 5.74) is 0. The molecular weight excluding hydrogens is 464 g/mol. The van der Waals surface area contributed by atoms with Gasteiger partial charge >= 0.3 is 0 Å². The summed E-state index contributed by atoms with van der Waals surface area (Å²) in [6.07, 6.45) is 8.83. The second-order valence-electron chi connectivity index (χ2n) is 12.7. The van der Waals surface area contributed by atoms with Crippen LogP contribution in [-0.2, 0) is 9.59 Å². The quantitative estimate of drug-likeness (QED) is 0.510. The van der Waals surface area contributed by atoms with Gasteiger partial charge in [0, 0.05) is 52.4 Å². The van der Waals surface area contributed by atoms with Gasteiger partial charge < -0.3 is 10.6 Å². The van der Waals surface area contributed by atoms with Crippen LogP contribution in [0.15, 0.2) is 0 Å². The minimum Gasteiger partial charge on any atom is -0.358 e. The first-order chi connectivity index (χ1) is 17.9. The van der Waals surface area contributed by atoms with Crippen LogP contribution in [0.25, 0.3) is 0 Å². The Balaban J connectivity index is 1.31. The van der Waals surface area contributed by atoms with Crippen LogP contribution in [0.4, 0.5) is 0 Å².